The number of nitrogens with zero attached hydrogens (tertiary/aromatic N) is 2. The number of aromatic nitrogens is 1. The monoisotopic (exact) mass is 414 g/mol. The molecule has 0 aliphatic carbocycles. The number of carbonyl (C=O) groups excluding carboxylic acids is 1. The van der Waals surface area contributed by atoms with Gasteiger partial charge in [0.25, 0.3) is 0 Å². The maximum absolute atomic E-state index is 13.0. The summed E-state index contributed by atoms with van der Waals surface area (Å²) in [5.41, 5.74) is 3.05. The van der Waals surface area contributed by atoms with E-state index in [1.54, 1.807) is 36.9 Å². The zero-order valence-electron chi connectivity index (χ0n) is 15.9. The number of methoxy groups -OCH3 is 2. The molecular formula is C21H22N2O3S2. The SMILES string of the molecule is COc1ccc([C@H]2CCCN2C(=O)Cc2csc(-c3ccsc3)n2)cc1OC. The molecule has 0 unspecified atom stereocenters. The van der Waals surface area contributed by atoms with Crippen molar-refractivity contribution in [2.45, 2.75) is 25.3 Å². The minimum atomic E-state index is 0.0716. The minimum Gasteiger partial charge on any atom is -0.493 e. The first-order valence-corrected chi connectivity index (χ1v) is 11.0. The van der Waals surface area contributed by atoms with E-state index < -0.39 is 0 Å². The second-order valence-electron chi connectivity index (χ2n) is 6.69. The third-order valence-electron chi connectivity index (χ3n) is 5.02. The summed E-state index contributed by atoms with van der Waals surface area (Å²) in [7, 11) is 3.26. The van der Waals surface area contributed by atoms with Crippen molar-refractivity contribution in [3.63, 3.8) is 0 Å². The van der Waals surface area contributed by atoms with Crippen LogP contribution >= 0.6 is 22.7 Å². The number of rotatable bonds is 6. The van der Waals surface area contributed by atoms with Crippen LogP contribution in [0.5, 0.6) is 11.5 Å². The molecule has 1 aliphatic rings. The lowest BCUT2D eigenvalue weighted by molar-refractivity contribution is -0.131. The Morgan fingerprint density at radius 2 is 2.07 bits per heavy atom. The average Bonchev–Trinajstić information content (AvgIpc) is 3.48. The Balaban J connectivity index is 1.49. The Morgan fingerprint density at radius 3 is 2.82 bits per heavy atom. The molecule has 4 rings (SSSR count). The van der Waals surface area contributed by atoms with Crippen molar-refractivity contribution in [1.29, 1.82) is 0 Å². The maximum atomic E-state index is 13.0. The van der Waals surface area contributed by atoms with Crippen LogP contribution in [0.15, 0.2) is 40.4 Å². The maximum Gasteiger partial charge on any atom is 0.229 e. The van der Waals surface area contributed by atoms with E-state index in [1.807, 2.05) is 33.9 Å². The summed E-state index contributed by atoms with van der Waals surface area (Å²) in [6.07, 6.45) is 2.30. The molecule has 0 spiro atoms. The predicted octanol–water partition coefficient (Wildman–Crippen LogP) is 4.80. The van der Waals surface area contributed by atoms with Crippen molar-refractivity contribution in [1.82, 2.24) is 9.88 Å². The first kappa shape index (κ1) is 19.0. The number of ether oxygens (including phenoxy) is 2. The third kappa shape index (κ3) is 3.77. The first-order chi connectivity index (χ1) is 13.7. The molecule has 3 heterocycles. The van der Waals surface area contributed by atoms with Gasteiger partial charge in [-0.05, 0) is 42.0 Å². The summed E-state index contributed by atoms with van der Waals surface area (Å²) >= 11 is 3.25. The lowest BCUT2D eigenvalue weighted by Gasteiger charge is -2.25. The van der Waals surface area contributed by atoms with E-state index in [0.717, 1.165) is 41.2 Å². The summed E-state index contributed by atoms with van der Waals surface area (Å²) in [6, 6.07) is 8.04. The normalized spacial score (nSPS) is 16.4. The van der Waals surface area contributed by atoms with Crippen molar-refractivity contribution < 1.29 is 14.3 Å². The minimum absolute atomic E-state index is 0.0716. The smallest absolute Gasteiger partial charge is 0.229 e. The highest BCUT2D eigenvalue weighted by Crippen LogP contribution is 2.37. The molecule has 0 N–H and O–H groups in total. The van der Waals surface area contributed by atoms with E-state index in [4.69, 9.17) is 9.47 Å². The average molecular weight is 415 g/mol. The number of hydrogen-bond acceptors (Lipinski definition) is 6. The highest BCUT2D eigenvalue weighted by Gasteiger charge is 2.30. The zero-order valence-corrected chi connectivity index (χ0v) is 17.5. The van der Waals surface area contributed by atoms with Crippen molar-refractivity contribution in [2.75, 3.05) is 20.8 Å². The molecule has 1 fully saturated rings. The summed E-state index contributed by atoms with van der Waals surface area (Å²) in [5.74, 6) is 1.52. The van der Waals surface area contributed by atoms with Crippen molar-refractivity contribution in [3.8, 4) is 22.1 Å². The van der Waals surface area contributed by atoms with Gasteiger partial charge in [0.15, 0.2) is 11.5 Å². The number of benzene rings is 1. The van der Waals surface area contributed by atoms with Gasteiger partial charge in [0.1, 0.15) is 5.01 Å². The molecule has 0 radical (unpaired) electrons. The molecule has 1 aromatic carbocycles. The molecule has 5 nitrogen and oxygen atoms in total. The Kier molecular flexibility index (Phi) is 5.64. The van der Waals surface area contributed by atoms with Gasteiger partial charge in [-0.2, -0.15) is 11.3 Å². The third-order valence-corrected chi connectivity index (χ3v) is 6.64. The van der Waals surface area contributed by atoms with E-state index in [2.05, 4.69) is 16.4 Å². The van der Waals surface area contributed by atoms with E-state index in [0.29, 0.717) is 17.9 Å². The highest BCUT2D eigenvalue weighted by molar-refractivity contribution is 7.14. The molecule has 1 aliphatic heterocycles. The summed E-state index contributed by atoms with van der Waals surface area (Å²) in [4.78, 5) is 19.6. The van der Waals surface area contributed by atoms with Crippen LogP contribution in [0.3, 0.4) is 0 Å². The van der Waals surface area contributed by atoms with Crippen LogP contribution in [-0.2, 0) is 11.2 Å². The van der Waals surface area contributed by atoms with Gasteiger partial charge in [0.2, 0.25) is 5.91 Å². The van der Waals surface area contributed by atoms with Crippen LogP contribution in [0.2, 0.25) is 0 Å². The van der Waals surface area contributed by atoms with Gasteiger partial charge in [0.05, 0.1) is 32.4 Å². The molecule has 1 amide bonds. The molecule has 7 heteroatoms. The lowest BCUT2D eigenvalue weighted by Crippen LogP contribution is -2.31. The van der Waals surface area contributed by atoms with E-state index in [9.17, 15) is 4.79 Å². The molecule has 3 aromatic rings. The lowest BCUT2D eigenvalue weighted by atomic mass is 10.0. The fraction of sp³-hybridized carbons (Fsp3) is 0.333. The van der Waals surface area contributed by atoms with Crippen molar-refractivity contribution >= 4 is 28.6 Å². The predicted molar refractivity (Wildman–Crippen MR) is 112 cm³/mol. The van der Waals surface area contributed by atoms with Crippen LogP contribution in [0.4, 0.5) is 0 Å². The van der Waals surface area contributed by atoms with Gasteiger partial charge >= 0.3 is 0 Å². The fourth-order valence-electron chi connectivity index (χ4n) is 3.64. The van der Waals surface area contributed by atoms with Crippen LogP contribution < -0.4 is 9.47 Å². The van der Waals surface area contributed by atoms with Crippen LogP contribution in [0, 0.1) is 0 Å². The topological polar surface area (TPSA) is 51.7 Å². The number of thiophene rings is 1. The molecule has 0 saturated carbocycles. The summed E-state index contributed by atoms with van der Waals surface area (Å²) in [6.45, 7) is 0.777. The molecule has 1 atom stereocenters. The van der Waals surface area contributed by atoms with Crippen LogP contribution in [0.1, 0.15) is 30.1 Å². The number of amides is 1. The summed E-state index contributed by atoms with van der Waals surface area (Å²) in [5, 5.41) is 7.09. The van der Waals surface area contributed by atoms with Gasteiger partial charge in [-0.25, -0.2) is 4.98 Å². The number of likely N-dealkylation sites (tertiary alicyclic amines) is 1. The standard InChI is InChI=1S/C21H22N2O3S2/c1-25-18-6-5-14(10-19(18)26-2)17-4-3-8-23(17)20(24)11-16-13-28-21(22-16)15-7-9-27-12-15/h5-7,9-10,12-13,17H,3-4,8,11H2,1-2H3/t17-/m1/s1. The highest BCUT2D eigenvalue weighted by atomic mass is 32.1. The van der Waals surface area contributed by atoms with E-state index in [1.165, 1.54) is 0 Å². The largest absolute Gasteiger partial charge is 0.493 e. The summed E-state index contributed by atoms with van der Waals surface area (Å²) < 4.78 is 10.8. The second kappa shape index (κ2) is 8.32. The fourth-order valence-corrected chi connectivity index (χ4v) is 5.17. The Hall–Kier alpha value is -2.38. The molecular weight excluding hydrogens is 392 g/mol. The number of carbonyl (C=O) groups is 1. The van der Waals surface area contributed by atoms with Crippen LogP contribution in [0.25, 0.3) is 10.6 Å². The van der Waals surface area contributed by atoms with Crippen molar-refractivity contribution in [2.24, 2.45) is 0 Å². The molecule has 28 heavy (non-hydrogen) atoms. The molecule has 2 aromatic heterocycles. The molecule has 146 valence electrons. The first-order valence-electron chi connectivity index (χ1n) is 9.18. The van der Waals surface area contributed by atoms with Crippen LogP contribution in [-0.4, -0.2) is 36.6 Å². The van der Waals surface area contributed by atoms with Gasteiger partial charge in [-0.1, -0.05) is 6.07 Å². The molecule has 0 bridgehead atoms. The van der Waals surface area contributed by atoms with Gasteiger partial charge < -0.3 is 14.4 Å². The van der Waals surface area contributed by atoms with Crippen molar-refractivity contribution in [3.05, 3.63) is 51.7 Å². The van der Waals surface area contributed by atoms with Gasteiger partial charge in [0, 0.05) is 22.9 Å². The number of thiazole rings is 1. The quantitative estimate of drug-likeness (QED) is 0.582. The van der Waals surface area contributed by atoms with E-state index >= 15 is 0 Å². The Labute approximate surface area is 172 Å². The number of hydrogen-bond donors (Lipinski definition) is 0. The Morgan fingerprint density at radius 1 is 1.21 bits per heavy atom. The van der Waals surface area contributed by atoms with Gasteiger partial charge in [-0.15, -0.1) is 11.3 Å². The second-order valence-corrected chi connectivity index (χ2v) is 8.33. The van der Waals surface area contributed by atoms with E-state index in [-0.39, 0.29) is 11.9 Å². The Bertz CT molecular complexity index is 952. The van der Waals surface area contributed by atoms with Gasteiger partial charge in [-0.3, -0.25) is 4.79 Å². The molecule has 1 saturated heterocycles. The zero-order chi connectivity index (χ0) is 19.5.